The summed E-state index contributed by atoms with van der Waals surface area (Å²) in [5.74, 6) is -1.93. The number of nitrogens with zero attached hydrogens (tertiary/aromatic N) is 3. The first-order chi connectivity index (χ1) is 15.0. The Labute approximate surface area is 180 Å². The van der Waals surface area contributed by atoms with Crippen LogP contribution in [0.25, 0.3) is 17.2 Å². The van der Waals surface area contributed by atoms with E-state index in [1.807, 2.05) is 26.0 Å². The van der Waals surface area contributed by atoms with E-state index >= 15 is 0 Å². The standard InChI is InChI=1S/C23H25FN6O/c1-14-12-20(16-7-9-19(10-8-16)25-18-5-3-4-6-18)15(2)11-17(14)13-21(24)22(31)26-23-27-29-30-28-23/h7-13,18,25H,3-6H2,1-2H3,(H2,26,27,28,29,30,31). The van der Waals surface area contributed by atoms with Gasteiger partial charge in [0.1, 0.15) is 0 Å². The molecule has 0 saturated heterocycles. The lowest BCUT2D eigenvalue weighted by molar-refractivity contribution is -0.114. The van der Waals surface area contributed by atoms with E-state index in [2.05, 4.69) is 55.5 Å². The molecule has 2 aromatic carbocycles. The molecular weight excluding hydrogens is 395 g/mol. The molecule has 4 rings (SSSR count). The van der Waals surface area contributed by atoms with Gasteiger partial charge in [0.15, 0.2) is 5.83 Å². The minimum absolute atomic E-state index is 0.0809. The molecule has 3 aromatic rings. The van der Waals surface area contributed by atoms with Crippen molar-refractivity contribution in [3.05, 3.63) is 58.9 Å². The second-order valence-corrected chi connectivity index (χ2v) is 7.91. The van der Waals surface area contributed by atoms with Crippen molar-refractivity contribution >= 4 is 23.6 Å². The van der Waals surface area contributed by atoms with Gasteiger partial charge >= 0.3 is 0 Å². The Balaban J connectivity index is 1.50. The highest BCUT2D eigenvalue weighted by atomic mass is 19.1. The number of benzene rings is 2. The smallest absolute Gasteiger partial charge is 0.286 e. The molecule has 31 heavy (non-hydrogen) atoms. The van der Waals surface area contributed by atoms with E-state index in [1.165, 1.54) is 31.8 Å². The first-order valence-electron chi connectivity index (χ1n) is 10.4. The molecule has 1 aromatic heterocycles. The molecule has 0 aliphatic heterocycles. The summed E-state index contributed by atoms with van der Waals surface area (Å²) in [6.45, 7) is 3.88. The zero-order chi connectivity index (χ0) is 21.8. The fraction of sp³-hybridized carbons (Fsp3) is 0.304. The summed E-state index contributed by atoms with van der Waals surface area (Å²) in [4.78, 5) is 12.0. The highest BCUT2D eigenvalue weighted by Gasteiger charge is 2.15. The lowest BCUT2D eigenvalue weighted by Gasteiger charge is -2.15. The van der Waals surface area contributed by atoms with Crippen LogP contribution in [0, 0.1) is 13.8 Å². The zero-order valence-electron chi connectivity index (χ0n) is 17.6. The molecule has 1 aliphatic carbocycles. The molecule has 1 amide bonds. The molecular formula is C23H25FN6O. The lowest BCUT2D eigenvalue weighted by Crippen LogP contribution is -2.14. The Hall–Kier alpha value is -3.55. The molecule has 1 saturated carbocycles. The van der Waals surface area contributed by atoms with Crippen molar-refractivity contribution in [3.8, 4) is 11.1 Å². The molecule has 1 fully saturated rings. The van der Waals surface area contributed by atoms with Crippen molar-refractivity contribution in [1.29, 1.82) is 0 Å². The van der Waals surface area contributed by atoms with Gasteiger partial charge in [-0.15, -0.1) is 5.10 Å². The van der Waals surface area contributed by atoms with Gasteiger partial charge in [0.05, 0.1) is 0 Å². The van der Waals surface area contributed by atoms with Crippen LogP contribution in [0.2, 0.25) is 0 Å². The van der Waals surface area contributed by atoms with Crippen molar-refractivity contribution in [2.24, 2.45) is 0 Å². The number of halogens is 1. The number of aryl methyl sites for hydroxylation is 2. The fourth-order valence-corrected chi connectivity index (χ4v) is 3.93. The molecule has 0 radical (unpaired) electrons. The third kappa shape index (κ3) is 4.96. The maximum absolute atomic E-state index is 14.4. The predicted molar refractivity (Wildman–Crippen MR) is 119 cm³/mol. The highest BCUT2D eigenvalue weighted by Crippen LogP contribution is 2.30. The van der Waals surface area contributed by atoms with Gasteiger partial charge in [0.2, 0.25) is 0 Å². The van der Waals surface area contributed by atoms with Crippen LogP contribution < -0.4 is 10.6 Å². The molecule has 1 aliphatic rings. The van der Waals surface area contributed by atoms with Crippen LogP contribution in [-0.2, 0) is 4.79 Å². The van der Waals surface area contributed by atoms with Crippen molar-refractivity contribution in [1.82, 2.24) is 20.6 Å². The number of rotatable bonds is 6. The number of aromatic amines is 1. The van der Waals surface area contributed by atoms with E-state index in [0.29, 0.717) is 11.6 Å². The van der Waals surface area contributed by atoms with Crippen LogP contribution in [0.15, 0.2) is 42.2 Å². The van der Waals surface area contributed by atoms with Crippen LogP contribution in [-0.4, -0.2) is 32.6 Å². The van der Waals surface area contributed by atoms with Crippen LogP contribution >= 0.6 is 0 Å². The zero-order valence-corrected chi connectivity index (χ0v) is 17.6. The molecule has 0 atom stereocenters. The summed E-state index contributed by atoms with van der Waals surface area (Å²) >= 11 is 0. The van der Waals surface area contributed by atoms with E-state index in [1.54, 1.807) is 0 Å². The third-order valence-corrected chi connectivity index (χ3v) is 5.60. The second-order valence-electron chi connectivity index (χ2n) is 7.91. The molecule has 3 N–H and O–H groups in total. The van der Waals surface area contributed by atoms with Crippen molar-refractivity contribution in [3.63, 3.8) is 0 Å². The number of anilines is 2. The van der Waals surface area contributed by atoms with Gasteiger partial charge in [-0.3, -0.25) is 10.1 Å². The number of hydrogen-bond donors (Lipinski definition) is 3. The van der Waals surface area contributed by atoms with Gasteiger partial charge in [-0.2, -0.15) is 5.21 Å². The van der Waals surface area contributed by atoms with E-state index in [0.717, 1.165) is 27.9 Å². The first-order valence-corrected chi connectivity index (χ1v) is 10.4. The Morgan fingerprint density at radius 2 is 1.87 bits per heavy atom. The van der Waals surface area contributed by atoms with E-state index in [4.69, 9.17) is 0 Å². The van der Waals surface area contributed by atoms with E-state index in [9.17, 15) is 9.18 Å². The largest absolute Gasteiger partial charge is 0.382 e. The minimum atomic E-state index is -0.928. The average molecular weight is 420 g/mol. The van der Waals surface area contributed by atoms with Gasteiger partial charge in [0.25, 0.3) is 11.9 Å². The Bertz CT molecular complexity index is 1090. The highest BCUT2D eigenvalue weighted by molar-refractivity contribution is 6.04. The number of H-pyrrole nitrogens is 1. The normalized spacial score (nSPS) is 14.6. The molecule has 160 valence electrons. The number of amides is 1. The number of nitrogens with one attached hydrogen (secondary N) is 3. The Morgan fingerprint density at radius 1 is 1.13 bits per heavy atom. The van der Waals surface area contributed by atoms with E-state index < -0.39 is 11.7 Å². The molecule has 0 bridgehead atoms. The average Bonchev–Trinajstić information content (AvgIpc) is 3.45. The summed E-state index contributed by atoms with van der Waals surface area (Å²) in [6, 6.07) is 12.9. The number of carbonyl (C=O) groups excluding carboxylic acids is 1. The molecule has 7 nitrogen and oxygen atoms in total. The third-order valence-electron chi connectivity index (χ3n) is 5.60. The fourth-order valence-electron chi connectivity index (χ4n) is 3.93. The van der Waals surface area contributed by atoms with Crippen LogP contribution in [0.5, 0.6) is 0 Å². The quantitative estimate of drug-likeness (QED) is 0.499. The number of hydrogen-bond acceptors (Lipinski definition) is 5. The van der Waals surface area contributed by atoms with Crippen molar-refractivity contribution in [2.75, 3.05) is 10.6 Å². The first kappa shape index (κ1) is 20.7. The monoisotopic (exact) mass is 420 g/mol. The predicted octanol–water partition coefficient (Wildman–Crippen LogP) is 4.79. The Kier molecular flexibility index (Phi) is 6.06. The molecule has 0 unspecified atom stereocenters. The van der Waals surface area contributed by atoms with E-state index in [-0.39, 0.29) is 5.95 Å². The van der Waals surface area contributed by atoms with Gasteiger partial charge < -0.3 is 5.32 Å². The maximum Gasteiger partial charge on any atom is 0.286 e. The number of carbonyl (C=O) groups is 1. The summed E-state index contributed by atoms with van der Waals surface area (Å²) in [7, 11) is 0. The van der Waals surface area contributed by atoms with Crippen molar-refractivity contribution in [2.45, 2.75) is 45.6 Å². The summed E-state index contributed by atoms with van der Waals surface area (Å²) in [6.07, 6.45) is 6.29. The molecule has 1 heterocycles. The molecule has 8 heteroatoms. The molecule has 0 spiro atoms. The summed E-state index contributed by atoms with van der Waals surface area (Å²) in [5.41, 5.74) is 5.83. The van der Waals surface area contributed by atoms with Crippen LogP contribution in [0.1, 0.15) is 42.4 Å². The SMILES string of the molecule is Cc1cc(-c2ccc(NC3CCCC3)cc2)c(C)cc1C=C(F)C(=O)Nc1nn[nH]n1. The van der Waals surface area contributed by atoms with Gasteiger partial charge in [0, 0.05) is 11.7 Å². The van der Waals surface area contributed by atoms with Crippen LogP contribution in [0.3, 0.4) is 0 Å². The summed E-state index contributed by atoms with van der Waals surface area (Å²) in [5, 5.41) is 18.5. The van der Waals surface area contributed by atoms with Crippen LogP contribution in [0.4, 0.5) is 16.0 Å². The topological polar surface area (TPSA) is 95.6 Å². The minimum Gasteiger partial charge on any atom is -0.382 e. The maximum atomic E-state index is 14.4. The van der Waals surface area contributed by atoms with Gasteiger partial charge in [-0.25, -0.2) is 4.39 Å². The Morgan fingerprint density at radius 3 is 2.55 bits per heavy atom. The lowest BCUT2D eigenvalue weighted by atomic mass is 9.94. The van der Waals surface area contributed by atoms with Crippen molar-refractivity contribution < 1.29 is 9.18 Å². The number of aromatic nitrogens is 4. The number of tetrazole rings is 1. The van der Waals surface area contributed by atoms with Gasteiger partial charge in [-0.05, 0) is 77.9 Å². The summed E-state index contributed by atoms with van der Waals surface area (Å²) < 4.78 is 14.4. The van der Waals surface area contributed by atoms with Gasteiger partial charge in [-0.1, -0.05) is 42.2 Å². The second kappa shape index (κ2) is 9.07.